The van der Waals surface area contributed by atoms with Crippen LogP contribution in [0, 0.1) is 0 Å². The van der Waals surface area contributed by atoms with E-state index in [-0.39, 0.29) is 16.6 Å². The Morgan fingerprint density at radius 2 is 1.47 bits per heavy atom. The van der Waals surface area contributed by atoms with Crippen molar-refractivity contribution in [1.29, 1.82) is 0 Å². The Balaban J connectivity index is 0.000000956. The van der Waals surface area contributed by atoms with Crippen molar-refractivity contribution in [3.63, 3.8) is 0 Å². The number of phenolic OH excluding ortho intramolecular Hbond substituents is 2. The summed E-state index contributed by atoms with van der Waals surface area (Å²) in [6.07, 6.45) is 0.559. The minimum atomic E-state index is -1.17. The minimum absolute atomic E-state index is 0.0556. The standard InChI is InChI=1S/C26H18N2O5S.C2H4.CH2O/c29-13-21(25(32)28-15-6-10-17(31)11-7-15)20-12-22(27-14-4-8-16(30)9-5-14)18-2-1-3-19-23(18)24(20)34-26(19)33;2*1-2/h1-13,21,27,30-31H,(H,28,32);1-2H2;1H2. The van der Waals surface area contributed by atoms with Gasteiger partial charge in [-0.05, 0) is 78.0 Å². The fraction of sp³-hybridized carbons (Fsp3) is 0.0345. The predicted molar refractivity (Wildman–Crippen MR) is 149 cm³/mol. The smallest absolute Gasteiger partial charge is 0.239 e. The van der Waals surface area contributed by atoms with Crippen molar-refractivity contribution in [3.05, 3.63) is 97.1 Å². The first-order valence-electron chi connectivity index (χ1n) is 11.2. The molecule has 0 radical (unpaired) electrons. The summed E-state index contributed by atoms with van der Waals surface area (Å²) >= 11 is 1.01. The highest BCUT2D eigenvalue weighted by molar-refractivity contribution is 8.14. The van der Waals surface area contributed by atoms with Crippen molar-refractivity contribution in [2.75, 3.05) is 10.6 Å². The summed E-state index contributed by atoms with van der Waals surface area (Å²) in [6, 6.07) is 19.5. The average Bonchev–Trinajstić information content (AvgIpc) is 3.29. The second kappa shape index (κ2) is 12.4. The summed E-state index contributed by atoms with van der Waals surface area (Å²) in [5.41, 5.74) is 2.69. The van der Waals surface area contributed by atoms with Gasteiger partial charge in [-0.25, -0.2) is 0 Å². The lowest BCUT2D eigenvalue weighted by molar-refractivity contribution is -0.122. The Kier molecular flexibility index (Phi) is 9.02. The third-order valence-corrected chi connectivity index (χ3v) is 6.64. The quantitative estimate of drug-likeness (QED) is 0.107. The third-order valence-electron chi connectivity index (χ3n) is 5.59. The van der Waals surface area contributed by atoms with Crippen molar-refractivity contribution in [2.45, 2.75) is 10.8 Å². The van der Waals surface area contributed by atoms with E-state index in [2.05, 4.69) is 23.8 Å². The molecule has 4 aromatic carbocycles. The highest BCUT2D eigenvalue weighted by Crippen LogP contribution is 2.47. The zero-order valence-electron chi connectivity index (χ0n) is 20.1. The fourth-order valence-electron chi connectivity index (χ4n) is 3.97. The van der Waals surface area contributed by atoms with Crippen LogP contribution < -0.4 is 10.6 Å². The molecule has 0 saturated carbocycles. The number of aromatic hydroxyl groups is 2. The van der Waals surface area contributed by atoms with Crippen molar-refractivity contribution < 1.29 is 29.4 Å². The number of hydrogen-bond donors (Lipinski definition) is 4. The Morgan fingerprint density at radius 1 is 0.895 bits per heavy atom. The molecule has 8 nitrogen and oxygen atoms in total. The van der Waals surface area contributed by atoms with Crippen molar-refractivity contribution >= 4 is 63.7 Å². The lowest BCUT2D eigenvalue weighted by Gasteiger charge is -2.18. The van der Waals surface area contributed by atoms with E-state index in [0.717, 1.165) is 17.1 Å². The van der Waals surface area contributed by atoms with Crippen LogP contribution in [0.3, 0.4) is 0 Å². The van der Waals surface area contributed by atoms with Gasteiger partial charge < -0.3 is 30.4 Å². The largest absolute Gasteiger partial charge is 0.508 e. The maximum Gasteiger partial charge on any atom is 0.239 e. The van der Waals surface area contributed by atoms with Gasteiger partial charge in [-0.15, -0.1) is 13.2 Å². The Hall–Kier alpha value is -4.89. The summed E-state index contributed by atoms with van der Waals surface area (Å²) < 4.78 is 0. The summed E-state index contributed by atoms with van der Waals surface area (Å²) in [4.78, 5) is 46.5. The number of aldehydes is 1. The maximum absolute atomic E-state index is 13.1. The SMILES string of the molecule is C=C.C=O.O=CC(C(=O)Nc1ccc(O)cc1)c1cc(Nc2ccc(O)cc2)c2cccc3c2c1SC3=O. The normalized spacial score (nSPS) is 11.8. The molecule has 0 aromatic heterocycles. The Morgan fingerprint density at radius 3 is 2.05 bits per heavy atom. The minimum Gasteiger partial charge on any atom is -0.508 e. The van der Waals surface area contributed by atoms with Gasteiger partial charge in [0.1, 0.15) is 30.5 Å². The fourth-order valence-corrected chi connectivity index (χ4v) is 5.06. The van der Waals surface area contributed by atoms with Gasteiger partial charge in [-0.1, -0.05) is 12.1 Å². The molecule has 1 amide bonds. The van der Waals surface area contributed by atoms with Gasteiger partial charge in [0.2, 0.25) is 11.0 Å². The van der Waals surface area contributed by atoms with Crippen molar-refractivity contribution in [3.8, 4) is 11.5 Å². The molecule has 5 rings (SSSR count). The van der Waals surface area contributed by atoms with E-state index >= 15 is 0 Å². The number of carbonyl (C=O) groups excluding carboxylic acids is 4. The molecular formula is C29H24N2O6S. The zero-order valence-corrected chi connectivity index (χ0v) is 21.0. The third kappa shape index (κ3) is 5.58. The van der Waals surface area contributed by atoms with Crippen LogP contribution in [-0.2, 0) is 14.4 Å². The van der Waals surface area contributed by atoms with E-state index in [1.54, 1.807) is 42.5 Å². The van der Waals surface area contributed by atoms with E-state index in [0.29, 0.717) is 44.8 Å². The summed E-state index contributed by atoms with van der Waals surface area (Å²) in [6.45, 7) is 8.00. The van der Waals surface area contributed by atoms with E-state index in [9.17, 15) is 24.6 Å². The van der Waals surface area contributed by atoms with Gasteiger partial charge in [-0.2, -0.15) is 0 Å². The molecule has 0 aliphatic carbocycles. The molecule has 0 saturated heterocycles. The molecule has 1 heterocycles. The molecule has 0 fully saturated rings. The van der Waals surface area contributed by atoms with Crippen LogP contribution in [-0.4, -0.2) is 34.3 Å². The second-order valence-corrected chi connectivity index (χ2v) is 8.77. The molecule has 0 bridgehead atoms. The van der Waals surface area contributed by atoms with E-state index in [4.69, 9.17) is 4.79 Å². The number of carbonyl (C=O) groups is 4. The van der Waals surface area contributed by atoms with E-state index in [1.807, 2.05) is 12.9 Å². The highest BCUT2D eigenvalue weighted by atomic mass is 32.2. The molecule has 0 spiro atoms. The number of phenols is 2. The van der Waals surface area contributed by atoms with Crippen LogP contribution in [0.15, 0.2) is 90.8 Å². The van der Waals surface area contributed by atoms with Gasteiger partial charge in [0, 0.05) is 38.3 Å². The van der Waals surface area contributed by atoms with Crippen LogP contribution in [0.2, 0.25) is 0 Å². The number of nitrogens with one attached hydrogen (secondary N) is 2. The van der Waals surface area contributed by atoms with Crippen molar-refractivity contribution in [2.24, 2.45) is 0 Å². The molecule has 1 atom stereocenters. The Labute approximate surface area is 223 Å². The first-order chi connectivity index (χ1) is 18.4. The first kappa shape index (κ1) is 27.7. The van der Waals surface area contributed by atoms with Gasteiger partial charge in [0.05, 0.1) is 0 Å². The first-order valence-corrected chi connectivity index (χ1v) is 12.0. The lowest BCUT2D eigenvalue weighted by atomic mass is 9.93. The number of amides is 1. The predicted octanol–water partition coefficient (Wildman–Crippen LogP) is 5.78. The number of thioether (sulfide) groups is 1. The highest BCUT2D eigenvalue weighted by Gasteiger charge is 2.32. The van der Waals surface area contributed by atoms with Crippen LogP contribution in [0.25, 0.3) is 10.8 Å². The molecule has 4 N–H and O–H groups in total. The number of rotatable bonds is 6. The van der Waals surface area contributed by atoms with Crippen LogP contribution in [0.5, 0.6) is 11.5 Å². The maximum atomic E-state index is 13.1. The summed E-state index contributed by atoms with van der Waals surface area (Å²) in [5, 5.41) is 26.4. The number of benzene rings is 4. The van der Waals surface area contributed by atoms with Gasteiger partial charge in [0.15, 0.2) is 0 Å². The molecule has 1 unspecified atom stereocenters. The van der Waals surface area contributed by atoms with Crippen LogP contribution >= 0.6 is 11.8 Å². The molecular weight excluding hydrogens is 504 g/mol. The number of anilines is 3. The lowest BCUT2D eigenvalue weighted by Crippen LogP contribution is -2.23. The molecule has 1 aliphatic rings. The van der Waals surface area contributed by atoms with Gasteiger partial charge in [-0.3, -0.25) is 9.59 Å². The number of hydrogen-bond acceptors (Lipinski definition) is 8. The van der Waals surface area contributed by atoms with Crippen LogP contribution in [0.4, 0.5) is 17.1 Å². The second-order valence-electron chi connectivity index (χ2n) is 7.78. The molecule has 4 aromatic rings. The van der Waals surface area contributed by atoms with Gasteiger partial charge >= 0.3 is 0 Å². The van der Waals surface area contributed by atoms with Gasteiger partial charge in [0.25, 0.3) is 0 Å². The topological polar surface area (TPSA) is 133 Å². The average molecular weight is 529 g/mol. The Bertz CT molecular complexity index is 1480. The molecule has 9 heteroatoms. The monoisotopic (exact) mass is 528 g/mol. The zero-order chi connectivity index (χ0) is 27.8. The van der Waals surface area contributed by atoms with E-state index < -0.39 is 11.8 Å². The molecule has 38 heavy (non-hydrogen) atoms. The molecule has 1 aliphatic heterocycles. The van der Waals surface area contributed by atoms with E-state index in [1.165, 1.54) is 24.3 Å². The molecule has 192 valence electrons. The van der Waals surface area contributed by atoms with Crippen molar-refractivity contribution in [1.82, 2.24) is 0 Å². The summed E-state index contributed by atoms with van der Waals surface area (Å²) in [7, 11) is 0. The van der Waals surface area contributed by atoms with Crippen LogP contribution in [0.1, 0.15) is 21.8 Å². The summed E-state index contributed by atoms with van der Waals surface area (Å²) in [5.74, 6) is -1.54.